The molecule has 2 aromatic carbocycles. The topological polar surface area (TPSA) is 54.5 Å². The summed E-state index contributed by atoms with van der Waals surface area (Å²) in [6.45, 7) is 6.96. The zero-order valence-corrected chi connectivity index (χ0v) is 14.8. The lowest BCUT2D eigenvalue weighted by Crippen LogP contribution is -2.43. The molecule has 0 unspecified atom stereocenters. The van der Waals surface area contributed by atoms with E-state index in [1.807, 2.05) is 49.4 Å². The minimum atomic E-state index is -3.48. The third-order valence-corrected chi connectivity index (χ3v) is 6.64. The summed E-state index contributed by atoms with van der Waals surface area (Å²) < 4.78 is 24.7. The van der Waals surface area contributed by atoms with Crippen LogP contribution in [0.5, 0.6) is 0 Å². The second kappa shape index (κ2) is 6.71. The first kappa shape index (κ1) is 17.5. The van der Waals surface area contributed by atoms with Crippen LogP contribution in [0.2, 0.25) is 0 Å². The van der Waals surface area contributed by atoms with Crippen molar-refractivity contribution in [1.29, 1.82) is 0 Å². The SMILES string of the molecule is CCN(C(=O)[C@@H](C)S(=O)(=O)C(C)C)c1cccc2ccccc12. The van der Waals surface area contributed by atoms with Gasteiger partial charge in [-0.1, -0.05) is 36.4 Å². The number of nitrogens with zero attached hydrogens (tertiary/aromatic N) is 1. The van der Waals surface area contributed by atoms with Gasteiger partial charge in [-0.15, -0.1) is 0 Å². The van der Waals surface area contributed by atoms with Crippen molar-refractivity contribution in [3.05, 3.63) is 42.5 Å². The first-order chi connectivity index (χ1) is 10.8. The fraction of sp³-hybridized carbons (Fsp3) is 0.389. The van der Waals surface area contributed by atoms with E-state index in [0.29, 0.717) is 6.54 Å². The molecule has 0 aliphatic heterocycles. The Balaban J connectivity index is 2.49. The van der Waals surface area contributed by atoms with Crippen LogP contribution in [0.15, 0.2) is 42.5 Å². The predicted molar refractivity (Wildman–Crippen MR) is 95.5 cm³/mol. The van der Waals surface area contributed by atoms with Gasteiger partial charge in [0.1, 0.15) is 5.25 Å². The lowest BCUT2D eigenvalue weighted by Gasteiger charge is -2.26. The Morgan fingerprint density at radius 3 is 2.26 bits per heavy atom. The third kappa shape index (κ3) is 3.24. The fourth-order valence-corrected chi connectivity index (χ4v) is 3.88. The molecule has 2 rings (SSSR count). The minimum absolute atomic E-state index is 0.377. The van der Waals surface area contributed by atoms with Gasteiger partial charge in [0.2, 0.25) is 5.91 Å². The van der Waals surface area contributed by atoms with Crippen molar-refractivity contribution in [3.8, 4) is 0 Å². The predicted octanol–water partition coefficient (Wildman–Crippen LogP) is 3.40. The summed E-state index contributed by atoms with van der Waals surface area (Å²) in [5.74, 6) is -0.377. The molecule has 5 heteroatoms. The molecule has 0 bridgehead atoms. The van der Waals surface area contributed by atoms with Gasteiger partial charge >= 0.3 is 0 Å². The first-order valence-corrected chi connectivity index (χ1v) is 9.43. The molecule has 0 radical (unpaired) electrons. The Morgan fingerprint density at radius 2 is 1.65 bits per heavy atom. The molecule has 23 heavy (non-hydrogen) atoms. The number of rotatable bonds is 5. The van der Waals surface area contributed by atoms with Crippen LogP contribution in [0.4, 0.5) is 5.69 Å². The second-order valence-corrected chi connectivity index (χ2v) is 8.69. The summed E-state index contributed by atoms with van der Waals surface area (Å²) in [5.41, 5.74) is 0.751. The summed E-state index contributed by atoms with van der Waals surface area (Å²) in [4.78, 5) is 14.4. The van der Waals surface area contributed by atoms with E-state index in [1.165, 1.54) is 6.92 Å². The fourth-order valence-electron chi connectivity index (χ4n) is 2.66. The van der Waals surface area contributed by atoms with Crippen molar-refractivity contribution in [2.45, 2.75) is 38.2 Å². The van der Waals surface area contributed by atoms with Gasteiger partial charge in [-0.3, -0.25) is 4.79 Å². The van der Waals surface area contributed by atoms with Crippen LogP contribution in [-0.2, 0) is 14.6 Å². The van der Waals surface area contributed by atoms with Crippen LogP contribution in [-0.4, -0.2) is 31.4 Å². The molecule has 1 amide bonds. The van der Waals surface area contributed by atoms with Gasteiger partial charge in [-0.2, -0.15) is 0 Å². The number of fused-ring (bicyclic) bond motifs is 1. The quantitative estimate of drug-likeness (QED) is 0.842. The van der Waals surface area contributed by atoms with Gasteiger partial charge in [0.25, 0.3) is 0 Å². The maximum atomic E-state index is 12.8. The largest absolute Gasteiger partial charge is 0.311 e. The summed E-state index contributed by atoms with van der Waals surface area (Å²) in [6, 6.07) is 13.5. The maximum Gasteiger partial charge on any atom is 0.245 e. The van der Waals surface area contributed by atoms with E-state index < -0.39 is 20.3 Å². The Labute approximate surface area is 138 Å². The van der Waals surface area contributed by atoms with Crippen LogP contribution in [0, 0.1) is 0 Å². The molecular formula is C18H23NO3S. The smallest absolute Gasteiger partial charge is 0.245 e. The van der Waals surface area contributed by atoms with Crippen LogP contribution in [0.1, 0.15) is 27.7 Å². The van der Waals surface area contributed by atoms with E-state index in [9.17, 15) is 13.2 Å². The molecule has 0 fully saturated rings. The molecule has 0 aliphatic rings. The highest BCUT2D eigenvalue weighted by molar-refractivity contribution is 7.93. The number of carbonyl (C=O) groups is 1. The standard InChI is InChI=1S/C18H23NO3S/c1-5-19(18(20)14(4)23(21,22)13(2)3)17-12-8-10-15-9-6-7-11-16(15)17/h6-14H,5H2,1-4H3/t14-/m1/s1. The van der Waals surface area contributed by atoms with E-state index >= 15 is 0 Å². The second-order valence-electron chi connectivity index (χ2n) is 5.86. The van der Waals surface area contributed by atoms with Crippen molar-refractivity contribution in [2.24, 2.45) is 0 Å². The summed E-state index contributed by atoms with van der Waals surface area (Å²) in [5, 5.41) is 0.337. The highest BCUT2D eigenvalue weighted by Gasteiger charge is 2.34. The van der Waals surface area contributed by atoms with Crippen molar-refractivity contribution in [2.75, 3.05) is 11.4 Å². The molecule has 0 N–H and O–H groups in total. The Hall–Kier alpha value is -1.88. The Kier molecular flexibility index (Phi) is 5.09. The van der Waals surface area contributed by atoms with Crippen molar-refractivity contribution in [1.82, 2.24) is 0 Å². The van der Waals surface area contributed by atoms with Crippen molar-refractivity contribution < 1.29 is 13.2 Å². The molecule has 2 aromatic rings. The highest BCUT2D eigenvalue weighted by Crippen LogP contribution is 2.28. The van der Waals surface area contributed by atoms with Gasteiger partial charge in [0.15, 0.2) is 9.84 Å². The molecule has 124 valence electrons. The number of anilines is 1. The van der Waals surface area contributed by atoms with Crippen LogP contribution in [0.3, 0.4) is 0 Å². The van der Waals surface area contributed by atoms with Gasteiger partial charge in [0.05, 0.1) is 10.9 Å². The molecule has 0 spiro atoms. The van der Waals surface area contributed by atoms with E-state index in [0.717, 1.165) is 16.5 Å². The number of sulfone groups is 1. The van der Waals surface area contributed by atoms with Gasteiger partial charge in [-0.25, -0.2) is 8.42 Å². The van der Waals surface area contributed by atoms with Crippen molar-refractivity contribution in [3.63, 3.8) is 0 Å². The molecule has 0 heterocycles. The number of hydrogen-bond acceptors (Lipinski definition) is 3. The van der Waals surface area contributed by atoms with Gasteiger partial charge < -0.3 is 4.90 Å². The van der Waals surface area contributed by atoms with Gasteiger partial charge in [-0.05, 0) is 39.1 Å². The average Bonchev–Trinajstić information content (AvgIpc) is 2.54. The molecular weight excluding hydrogens is 310 g/mol. The van der Waals surface area contributed by atoms with Crippen LogP contribution < -0.4 is 4.90 Å². The van der Waals surface area contributed by atoms with Gasteiger partial charge in [0, 0.05) is 11.9 Å². The molecule has 4 nitrogen and oxygen atoms in total. The normalized spacial score (nSPS) is 13.3. The number of carbonyl (C=O) groups excluding carboxylic acids is 1. The van der Waals surface area contributed by atoms with Crippen LogP contribution in [0.25, 0.3) is 10.8 Å². The lowest BCUT2D eigenvalue weighted by molar-refractivity contribution is -0.117. The molecule has 0 aliphatic carbocycles. The zero-order valence-electron chi connectivity index (χ0n) is 14.0. The lowest BCUT2D eigenvalue weighted by atomic mass is 10.1. The van der Waals surface area contributed by atoms with E-state index in [4.69, 9.17) is 0 Å². The first-order valence-electron chi connectivity index (χ1n) is 7.82. The maximum absolute atomic E-state index is 12.8. The average molecular weight is 333 g/mol. The minimum Gasteiger partial charge on any atom is -0.311 e. The Bertz CT molecular complexity index is 807. The molecule has 0 saturated carbocycles. The number of hydrogen-bond donors (Lipinski definition) is 0. The summed E-state index contributed by atoms with van der Waals surface area (Å²) in [6.07, 6.45) is 0. The molecule has 1 atom stereocenters. The third-order valence-electron chi connectivity index (χ3n) is 4.14. The Morgan fingerprint density at radius 1 is 1.04 bits per heavy atom. The molecule has 0 saturated heterocycles. The summed E-state index contributed by atoms with van der Waals surface area (Å²) in [7, 11) is -3.48. The highest BCUT2D eigenvalue weighted by atomic mass is 32.2. The summed E-state index contributed by atoms with van der Waals surface area (Å²) >= 11 is 0. The van der Waals surface area contributed by atoms with E-state index in [2.05, 4.69) is 0 Å². The number of benzene rings is 2. The zero-order chi connectivity index (χ0) is 17.2. The van der Waals surface area contributed by atoms with E-state index in [-0.39, 0.29) is 5.91 Å². The van der Waals surface area contributed by atoms with E-state index in [1.54, 1.807) is 18.7 Å². The molecule has 0 aromatic heterocycles. The number of amides is 1. The van der Waals surface area contributed by atoms with Crippen molar-refractivity contribution >= 4 is 32.2 Å². The van der Waals surface area contributed by atoms with Crippen LogP contribution >= 0.6 is 0 Å². The monoisotopic (exact) mass is 333 g/mol.